The zero-order valence-electron chi connectivity index (χ0n) is 11.7. The highest BCUT2D eigenvalue weighted by atomic mass is 16.2. The molecule has 0 aliphatic heterocycles. The van der Waals surface area contributed by atoms with Gasteiger partial charge in [-0.2, -0.15) is 0 Å². The van der Waals surface area contributed by atoms with Gasteiger partial charge < -0.3 is 10.6 Å². The average Bonchev–Trinajstić information content (AvgIpc) is 3.20. The molecule has 19 heavy (non-hydrogen) atoms. The van der Waals surface area contributed by atoms with E-state index >= 15 is 0 Å². The predicted octanol–water partition coefficient (Wildman–Crippen LogP) is 1.95. The van der Waals surface area contributed by atoms with Crippen molar-refractivity contribution in [2.45, 2.75) is 51.7 Å². The second-order valence-corrected chi connectivity index (χ2v) is 5.68. The lowest BCUT2D eigenvalue weighted by Crippen LogP contribution is -2.40. The van der Waals surface area contributed by atoms with Crippen molar-refractivity contribution < 1.29 is 4.79 Å². The summed E-state index contributed by atoms with van der Waals surface area (Å²) in [6.07, 6.45) is 6.37. The van der Waals surface area contributed by atoms with E-state index in [1.54, 1.807) is 6.20 Å². The molecule has 2 N–H and O–H groups in total. The zero-order chi connectivity index (χ0) is 13.8. The fraction of sp³-hybridized carbons (Fsp3) is 0.600. The molecule has 1 aliphatic carbocycles. The molecule has 1 amide bonds. The highest BCUT2D eigenvalue weighted by molar-refractivity contribution is 5.77. The summed E-state index contributed by atoms with van der Waals surface area (Å²) in [4.78, 5) is 18.3. The molecule has 1 aromatic heterocycles. The van der Waals surface area contributed by atoms with Crippen LogP contribution in [0.2, 0.25) is 0 Å². The van der Waals surface area contributed by atoms with E-state index in [-0.39, 0.29) is 18.0 Å². The van der Waals surface area contributed by atoms with Gasteiger partial charge in [0.15, 0.2) is 0 Å². The summed E-state index contributed by atoms with van der Waals surface area (Å²) in [5.41, 5.74) is 7.11. The maximum absolute atomic E-state index is 12.4. The van der Waals surface area contributed by atoms with Crippen LogP contribution in [0.1, 0.15) is 38.7 Å². The first-order chi connectivity index (χ1) is 9.08. The Hall–Kier alpha value is -1.42. The van der Waals surface area contributed by atoms with Crippen LogP contribution in [0.5, 0.6) is 0 Å². The minimum absolute atomic E-state index is 0.0302. The van der Waals surface area contributed by atoms with Crippen molar-refractivity contribution >= 4 is 5.91 Å². The first-order valence-electron chi connectivity index (χ1n) is 7.02. The highest BCUT2D eigenvalue weighted by Gasteiger charge is 2.31. The topological polar surface area (TPSA) is 59.2 Å². The Bertz CT molecular complexity index is 415. The van der Waals surface area contributed by atoms with Crippen LogP contribution in [0.25, 0.3) is 0 Å². The number of aromatic nitrogens is 1. The summed E-state index contributed by atoms with van der Waals surface area (Å²) >= 11 is 0. The Morgan fingerprint density at radius 2 is 2.26 bits per heavy atom. The predicted molar refractivity (Wildman–Crippen MR) is 75.2 cm³/mol. The third-order valence-electron chi connectivity index (χ3n) is 3.66. The van der Waals surface area contributed by atoms with Crippen LogP contribution in [0.3, 0.4) is 0 Å². The molecule has 4 heteroatoms. The van der Waals surface area contributed by atoms with Crippen molar-refractivity contribution in [3.8, 4) is 0 Å². The first-order valence-corrected chi connectivity index (χ1v) is 7.02. The molecule has 1 atom stereocenters. The second-order valence-electron chi connectivity index (χ2n) is 5.68. The molecule has 1 aliphatic rings. The summed E-state index contributed by atoms with van der Waals surface area (Å²) < 4.78 is 0. The minimum atomic E-state index is 0.0302. The molecule has 104 valence electrons. The lowest BCUT2D eigenvalue weighted by atomic mass is 10.1. The summed E-state index contributed by atoms with van der Waals surface area (Å²) in [6.45, 7) is 4.69. The fourth-order valence-electron chi connectivity index (χ4n) is 2.26. The van der Waals surface area contributed by atoms with Gasteiger partial charge in [-0.05, 0) is 44.2 Å². The number of nitrogens with two attached hydrogens (primary N) is 1. The van der Waals surface area contributed by atoms with Crippen LogP contribution in [-0.2, 0) is 11.3 Å². The molecule has 1 aromatic rings. The van der Waals surface area contributed by atoms with E-state index in [1.807, 2.05) is 37.1 Å². The smallest absolute Gasteiger partial charge is 0.224 e. The van der Waals surface area contributed by atoms with Crippen molar-refractivity contribution in [2.24, 2.45) is 11.7 Å². The van der Waals surface area contributed by atoms with Gasteiger partial charge in [0.25, 0.3) is 0 Å². The highest BCUT2D eigenvalue weighted by Crippen LogP contribution is 2.33. The van der Waals surface area contributed by atoms with Crippen LogP contribution in [-0.4, -0.2) is 27.9 Å². The molecule has 0 spiro atoms. The van der Waals surface area contributed by atoms with E-state index in [4.69, 9.17) is 5.73 Å². The third kappa shape index (κ3) is 4.03. The van der Waals surface area contributed by atoms with Crippen molar-refractivity contribution in [1.29, 1.82) is 0 Å². The molecular weight excluding hydrogens is 238 g/mol. The molecule has 1 fully saturated rings. The molecule has 1 heterocycles. The Kier molecular flexibility index (Phi) is 4.53. The quantitative estimate of drug-likeness (QED) is 0.851. The first kappa shape index (κ1) is 14.0. The maximum Gasteiger partial charge on any atom is 0.224 e. The van der Waals surface area contributed by atoms with E-state index in [0.29, 0.717) is 18.9 Å². The Morgan fingerprint density at radius 3 is 2.79 bits per heavy atom. The molecule has 1 saturated carbocycles. The molecule has 0 bridgehead atoms. The largest absolute Gasteiger partial charge is 0.336 e. The summed E-state index contributed by atoms with van der Waals surface area (Å²) in [5, 5.41) is 0. The molecule has 1 unspecified atom stereocenters. The summed E-state index contributed by atoms with van der Waals surface area (Å²) in [5.74, 6) is 0.717. The number of amides is 1. The van der Waals surface area contributed by atoms with Gasteiger partial charge >= 0.3 is 0 Å². The van der Waals surface area contributed by atoms with Crippen LogP contribution >= 0.6 is 0 Å². The Balaban J connectivity index is 1.96. The van der Waals surface area contributed by atoms with Gasteiger partial charge in [0.2, 0.25) is 5.91 Å². The van der Waals surface area contributed by atoms with Crippen molar-refractivity contribution in [3.63, 3.8) is 0 Å². The molecule has 0 aromatic carbocycles. The number of carbonyl (C=O) groups is 1. The van der Waals surface area contributed by atoms with Crippen LogP contribution in [0.15, 0.2) is 24.5 Å². The zero-order valence-corrected chi connectivity index (χ0v) is 11.7. The van der Waals surface area contributed by atoms with Crippen LogP contribution in [0, 0.1) is 5.92 Å². The second kappa shape index (κ2) is 6.15. The van der Waals surface area contributed by atoms with Gasteiger partial charge in [-0.1, -0.05) is 6.07 Å². The van der Waals surface area contributed by atoms with Gasteiger partial charge in [0, 0.05) is 37.4 Å². The fourth-order valence-corrected chi connectivity index (χ4v) is 2.26. The molecule has 4 nitrogen and oxygen atoms in total. The number of hydrogen-bond acceptors (Lipinski definition) is 3. The van der Waals surface area contributed by atoms with E-state index in [1.165, 1.54) is 12.8 Å². The number of pyridine rings is 1. The number of nitrogens with zero attached hydrogens (tertiary/aromatic N) is 2. The van der Waals surface area contributed by atoms with Crippen molar-refractivity contribution in [3.05, 3.63) is 30.1 Å². The van der Waals surface area contributed by atoms with Gasteiger partial charge in [-0.15, -0.1) is 0 Å². The van der Waals surface area contributed by atoms with E-state index in [2.05, 4.69) is 4.98 Å². The maximum atomic E-state index is 12.4. The van der Waals surface area contributed by atoms with Gasteiger partial charge in [-0.3, -0.25) is 9.78 Å². The van der Waals surface area contributed by atoms with Gasteiger partial charge in [0.1, 0.15) is 0 Å². The SMILES string of the molecule is CC(C)N(Cc1cccnc1)C(=O)CC(N)C1CC1. The number of carbonyl (C=O) groups excluding carboxylic acids is 1. The summed E-state index contributed by atoms with van der Waals surface area (Å²) in [7, 11) is 0. The van der Waals surface area contributed by atoms with Crippen molar-refractivity contribution in [2.75, 3.05) is 0 Å². The van der Waals surface area contributed by atoms with Crippen molar-refractivity contribution in [1.82, 2.24) is 9.88 Å². The Labute approximate surface area is 115 Å². The normalized spacial score (nSPS) is 16.4. The van der Waals surface area contributed by atoms with Gasteiger partial charge in [0.05, 0.1) is 0 Å². The monoisotopic (exact) mass is 261 g/mol. The van der Waals surface area contributed by atoms with Crippen LogP contribution in [0.4, 0.5) is 0 Å². The lowest BCUT2D eigenvalue weighted by molar-refractivity contribution is -0.134. The molecular formula is C15H23N3O. The molecule has 0 radical (unpaired) electrons. The van der Waals surface area contributed by atoms with E-state index in [9.17, 15) is 4.79 Å². The number of rotatable bonds is 6. The third-order valence-corrected chi connectivity index (χ3v) is 3.66. The molecule has 2 rings (SSSR count). The van der Waals surface area contributed by atoms with Gasteiger partial charge in [-0.25, -0.2) is 0 Å². The lowest BCUT2D eigenvalue weighted by Gasteiger charge is -2.28. The molecule has 0 saturated heterocycles. The summed E-state index contributed by atoms with van der Waals surface area (Å²) in [6, 6.07) is 4.10. The Morgan fingerprint density at radius 1 is 1.53 bits per heavy atom. The number of hydrogen-bond donors (Lipinski definition) is 1. The minimum Gasteiger partial charge on any atom is -0.336 e. The van der Waals surface area contributed by atoms with E-state index in [0.717, 1.165) is 5.56 Å². The standard InChI is InChI=1S/C15H23N3O/c1-11(2)18(10-12-4-3-7-17-9-12)15(19)8-14(16)13-5-6-13/h3-4,7,9,11,13-14H,5-6,8,10,16H2,1-2H3. The van der Waals surface area contributed by atoms with E-state index < -0.39 is 0 Å². The average molecular weight is 261 g/mol. The van der Waals surface area contributed by atoms with Crippen LogP contribution < -0.4 is 5.73 Å².